The van der Waals surface area contributed by atoms with Crippen LogP contribution >= 0.6 is 0 Å². The van der Waals surface area contributed by atoms with Crippen molar-refractivity contribution in [2.75, 3.05) is 19.6 Å². The summed E-state index contributed by atoms with van der Waals surface area (Å²) in [6.45, 7) is 6.63. The van der Waals surface area contributed by atoms with Gasteiger partial charge in [-0.2, -0.15) is 13.2 Å². The normalized spacial score (nSPS) is 15.6. The monoisotopic (exact) mass is 642 g/mol. The lowest BCUT2D eigenvalue weighted by atomic mass is 9.72. The number of hydrogen-bond acceptors (Lipinski definition) is 3. The van der Waals surface area contributed by atoms with Gasteiger partial charge < -0.3 is 15.0 Å². The van der Waals surface area contributed by atoms with Gasteiger partial charge in [-0.05, 0) is 91.2 Å². The summed E-state index contributed by atoms with van der Waals surface area (Å²) in [5.41, 5.74) is 6.64. The van der Waals surface area contributed by atoms with Crippen LogP contribution in [0.15, 0.2) is 103 Å². The molecule has 1 fully saturated rings. The molecule has 0 spiro atoms. The van der Waals surface area contributed by atoms with E-state index < -0.39 is 12.6 Å². The molecule has 1 aliphatic heterocycles. The van der Waals surface area contributed by atoms with E-state index in [4.69, 9.17) is 4.74 Å². The standard InChI is InChI=1S/C37H40N2O2.C3H5F3/c1-2-37(34-19-8-6-17-32(34)33-18-7-9-20-35(33)37)23-10-11-24-39-25-21-29(22-26-39)38-36(40)28-13-12-16-31(27-28)41-30-14-4-3-5-15-30;1-2-3(4,5)6/h3-9,12-20,27,29H,2,10-11,21-26H2,1H3,(H,38,40);2H2,1H3. The van der Waals surface area contributed by atoms with Gasteiger partial charge in [-0.15, -0.1) is 0 Å². The van der Waals surface area contributed by atoms with Crippen LogP contribution < -0.4 is 10.1 Å². The van der Waals surface area contributed by atoms with Crippen LogP contribution in [0.5, 0.6) is 11.5 Å². The molecule has 0 saturated carbocycles. The lowest BCUT2D eigenvalue weighted by Crippen LogP contribution is -2.44. The van der Waals surface area contributed by atoms with E-state index in [9.17, 15) is 18.0 Å². The third kappa shape index (κ3) is 8.63. The number of para-hydroxylation sites is 1. The zero-order valence-electron chi connectivity index (χ0n) is 27.4. The Morgan fingerprint density at radius 1 is 0.809 bits per heavy atom. The van der Waals surface area contributed by atoms with Crippen LogP contribution in [-0.2, 0) is 5.41 Å². The Labute approximate surface area is 277 Å². The Bertz CT molecular complexity index is 1550. The van der Waals surface area contributed by atoms with Crippen molar-refractivity contribution in [1.29, 1.82) is 0 Å². The van der Waals surface area contributed by atoms with Gasteiger partial charge >= 0.3 is 6.18 Å². The fourth-order valence-corrected chi connectivity index (χ4v) is 6.90. The highest BCUT2D eigenvalue weighted by atomic mass is 19.4. The summed E-state index contributed by atoms with van der Waals surface area (Å²) in [5, 5.41) is 3.26. The van der Waals surface area contributed by atoms with Gasteiger partial charge in [-0.1, -0.05) is 93.1 Å². The number of carbonyl (C=O) groups is 1. The van der Waals surface area contributed by atoms with Crippen molar-refractivity contribution in [3.8, 4) is 22.6 Å². The van der Waals surface area contributed by atoms with Gasteiger partial charge in [0.25, 0.3) is 5.91 Å². The highest BCUT2D eigenvalue weighted by Gasteiger charge is 2.40. The highest BCUT2D eigenvalue weighted by Crippen LogP contribution is 2.53. The van der Waals surface area contributed by atoms with E-state index in [1.807, 2.05) is 54.6 Å². The summed E-state index contributed by atoms with van der Waals surface area (Å²) in [5.74, 6) is 1.41. The summed E-state index contributed by atoms with van der Waals surface area (Å²) in [6, 6.07) is 35.3. The summed E-state index contributed by atoms with van der Waals surface area (Å²) < 4.78 is 38.3. The molecule has 2 aliphatic rings. The fourth-order valence-electron chi connectivity index (χ4n) is 6.90. The first-order chi connectivity index (χ1) is 22.7. The van der Waals surface area contributed by atoms with Crippen LogP contribution in [0, 0.1) is 0 Å². The predicted octanol–water partition coefficient (Wildman–Crippen LogP) is 10.2. The van der Waals surface area contributed by atoms with Gasteiger partial charge in [-0.3, -0.25) is 4.79 Å². The summed E-state index contributed by atoms with van der Waals surface area (Å²) in [7, 11) is 0. The Morgan fingerprint density at radius 3 is 1.98 bits per heavy atom. The number of alkyl halides is 3. The minimum absolute atomic E-state index is 0.0241. The maximum absolute atomic E-state index is 13.0. The minimum atomic E-state index is -3.96. The first-order valence-corrected chi connectivity index (χ1v) is 16.8. The quantitative estimate of drug-likeness (QED) is 0.175. The largest absolute Gasteiger partial charge is 0.457 e. The van der Waals surface area contributed by atoms with Crippen molar-refractivity contribution in [3.63, 3.8) is 0 Å². The number of benzene rings is 4. The molecule has 0 atom stereocenters. The van der Waals surface area contributed by atoms with Gasteiger partial charge in [0, 0.05) is 36.5 Å². The van der Waals surface area contributed by atoms with E-state index >= 15 is 0 Å². The molecule has 1 heterocycles. The second-order valence-corrected chi connectivity index (χ2v) is 12.5. The summed E-state index contributed by atoms with van der Waals surface area (Å²) in [6.07, 6.45) is 2.04. The molecule has 47 heavy (non-hydrogen) atoms. The molecular weight excluding hydrogens is 597 g/mol. The molecule has 0 radical (unpaired) electrons. The van der Waals surface area contributed by atoms with E-state index in [0.29, 0.717) is 11.3 Å². The van der Waals surface area contributed by atoms with Gasteiger partial charge in [0.2, 0.25) is 0 Å². The average Bonchev–Trinajstić information content (AvgIpc) is 3.38. The molecule has 1 saturated heterocycles. The number of nitrogens with one attached hydrogen (secondary N) is 1. The number of unbranched alkanes of at least 4 members (excludes halogenated alkanes) is 1. The first kappa shape index (κ1) is 34.2. The molecule has 4 aromatic carbocycles. The number of hydrogen-bond donors (Lipinski definition) is 1. The molecule has 0 bridgehead atoms. The zero-order valence-corrected chi connectivity index (χ0v) is 27.4. The van der Waals surface area contributed by atoms with Crippen molar-refractivity contribution in [2.45, 2.75) is 76.4 Å². The van der Waals surface area contributed by atoms with Crippen molar-refractivity contribution < 1.29 is 22.7 Å². The van der Waals surface area contributed by atoms with Crippen molar-refractivity contribution >= 4 is 5.91 Å². The third-order valence-corrected chi connectivity index (χ3v) is 9.51. The van der Waals surface area contributed by atoms with Gasteiger partial charge in [0.1, 0.15) is 11.5 Å². The van der Waals surface area contributed by atoms with Crippen LogP contribution in [0.2, 0.25) is 0 Å². The maximum atomic E-state index is 13.0. The number of fused-ring (bicyclic) bond motifs is 3. The minimum Gasteiger partial charge on any atom is -0.457 e. The molecule has 4 aromatic rings. The third-order valence-electron chi connectivity index (χ3n) is 9.51. The molecule has 7 heteroatoms. The number of ether oxygens (including phenoxy) is 1. The molecule has 1 N–H and O–H groups in total. The average molecular weight is 643 g/mol. The maximum Gasteiger partial charge on any atom is 0.388 e. The van der Waals surface area contributed by atoms with Crippen molar-refractivity contribution in [1.82, 2.24) is 10.2 Å². The lowest BCUT2D eigenvalue weighted by molar-refractivity contribution is -0.130. The predicted molar refractivity (Wildman–Crippen MR) is 183 cm³/mol. The van der Waals surface area contributed by atoms with Gasteiger partial charge in [0.05, 0.1) is 0 Å². The van der Waals surface area contributed by atoms with Crippen LogP contribution in [0.4, 0.5) is 13.2 Å². The Balaban J connectivity index is 0.000000662. The second-order valence-electron chi connectivity index (χ2n) is 12.5. The molecular formula is C40H45F3N2O2. The van der Waals surface area contributed by atoms with Gasteiger partial charge in [0.15, 0.2) is 0 Å². The smallest absolute Gasteiger partial charge is 0.388 e. The van der Waals surface area contributed by atoms with Crippen LogP contribution in [0.3, 0.4) is 0 Å². The number of piperidine rings is 1. The number of likely N-dealkylation sites (tertiary alicyclic amines) is 1. The number of carbonyl (C=O) groups excluding carboxylic acids is 1. The molecule has 1 amide bonds. The first-order valence-electron chi connectivity index (χ1n) is 16.8. The molecule has 0 aromatic heterocycles. The second kappa shape index (κ2) is 15.7. The number of nitrogens with zero attached hydrogens (tertiary/aromatic N) is 1. The van der Waals surface area contributed by atoms with Crippen LogP contribution in [-0.4, -0.2) is 42.7 Å². The van der Waals surface area contributed by atoms with E-state index in [2.05, 4.69) is 65.7 Å². The molecule has 0 unspecified atom stereocenters. The van der Waals surface area contributed by atoms with Crippen molar-refractivity contribution in [2.24, 2.45) is 0 Å². The molecule has 4 nitrogen and oxygen atoms in total. The number of amides is 1. The molecule has 1 aliphatic carbocycles. The summed E-state index contributed by atoms with van der Waals surface area (Å²) >= 11 is 0. The van der Waals surface area contributed by atoms with Crippen molar-refractivity contribution in [3.05, 3.63) is 120 Å². The zero-order chi connectivity index (χ0) is 33.3. The Morgan fingerprint density at radius 2 is 1.38 bits per heavy atom. The number of rotatable bonds is 10. The van der Waals surface area contributed by atoms with Crippen LogP contribution in [0.25, 0.3) is 11.1 Å². The van der Waals surface area contributed by atoms with Crippen LogP contribution in [0.1, 0.15) is 80.3 Å². The SMILES string of the molecule is CCC(F)(F)F.CCC1(CCCCN2CCC(NC(=O)c3cccc(Oc4ccccc4)c3)CC2)c2ccccc2-c2ccccc21. The molecule has 6 rings (SSSR count). The van der Waals surface area contributed by atoms with Gasteiger partial charge in [-0.25, -0.2) is 0 Å². The topological polar surface area (TPSA) is 41.6 Å². The van der Waals surface area contributed by atoms with E-state index in [1.54, 1.807) is 0 Å². The number of halogens is 3. The lowest BCUT2D eigenvalue weighted by Gasteiger charge is -2.33. The fraction of sp³-hybridized carbons (Fsp3) is 0.375. The van der Waals surface area contributed by atoms with E-state index in [-0.39, 0.29) is 17.4 Å². The summed E-state index contributed by atoms with van der Waals surface area (Å²) in [4.78, 5) is 15.6. The Hall–Kier alpha value is -4.10. The highest BCUT2D eigenvalue weighted by molar-refractivity contribution is 5.94. The molecule has 248 valence electrons. The Kier molecular flexibility index (Phi) is 11.4. The van der Waals surface area contributed by atoms with E-state index in [1.165, 1.54) is 41.5 Å². The van der Waals surface area contributed by atoms with E-state index in [0.717, 1.165) is 51.6 Å².